The van der Waals surface area contributed by atoms with Gasteiger partial charge in [-0.25, -0.2) is 4.79 Å². The molecule has 2 N–H and O–H groups in total. The molecule has 0 spiro atoms. The lowest BCUT2D eigenvalue weighted by atomic mass is 10.0. The van der Waals surface area contributed by atoms with Gasteiger partial charge in [-0.05, 0) is 24.1 Å². The maximum Gasteiger partial charge on any atom is 0.326 e. The maximum absolute atomic E-state index is 12.0. The van der Waals surface area contributed by atoms with E-state index < -0.39 is 17.9 Å². The summed E-state index contributed by atoms with van der Waals surface area (Å²) < 4.78 is 7.07. The zero-order valence-electron chi connectivity index (χ0n) is 11.8. The van der Waals surface area contributed by atoms with Crippen LogP contribution in [0.15, 0.2) is 35.0 Å². The summed E-state index contributed by atoms with van der Waals surface area (Å²) in [7, 11) is 0. The Kier molecular flexibility index (Phi) is 4.42. The third kappa shape index (κ3) is 3.71. The molecule has 0 aromatic carbocycles. The molecule has 21 heavy (non-hydrogen) atoms. The Morgan fingerprint density at radius 1 is 1.43 bits per heavy atom. The van der Waals surface area contributed by atoms with Crippen LogP contribution in [0.1, 0.15) is 30.2 Å². The fraction of sp³-hybridized carbons (Fsp3) is 0.357. The number of nitrogens with one attached hydrogen (secondary N) is 1. The molecular formula is C14H17N3O4. The third-order valence-electron chi connectivity index (χ3n) is 2.98. The lowest BCUT2D eigenvalue weighted by molar-refractivity contribution is -0.140. The minimum atomic E-state index is -1.07. The Morgan fingerprint density at radius 3 is 2.76 bits per heavy atom. The second kappa shape index (κ2) is 6.25. The van der Waals surface area contributed by atoms with Crippen LogP contribution < -0.4 is 5.32 Å². The van der Waals surface area contributed by atoms with Crippen LogP contribution in [0.5, 0.6) is 0 Å². The van der Waals surface area contributed by atoms with Gasteiger partial charge in [-0.3, -0.25) is 9.48 Å². The van der Waals surface area contributed by atoms with Crippen molar-refractivity contribution in [3.63, 3.8) is 0 Å². The lowest BCUT2D eigenvalue weighted by Gasteiger charge is -2.16. The van der Waals surface area contributed by atoms with Gasteiger partial charge in [0.2, 0.25) is 0 Å². The van der Waals surface area contributed by atoms with Crippen LogP contribution in [0.3, 0.4) is 0 Å². The number of hydrogen-bond acceptors (Lipinski definition) is 4. The number of carbonyl (C=O) groups excluding carboxylic acids is 1. The first-order valence-electron chi connectivity index (χ1n) is 6.57. The van der Waals surface area contributed by atoms with Crippen molar-refractivity contribution < 1.29 is 19.1 Å². The Hall–Kier alpha value is -2.57. The predicted octanol–water partition coefficient (Wildman–Crippen LogP) is 1.36. The lowest BCUT2D eigenvalue weighted by Crippen LogP contribution is -2.44. The Labute approximate surface area is 121 Å². The third-order valence-corrected chi connectivity index (χ3v) is 2.98. The van der Waals surface area contributed by atoms with Crippen LogP contribution in [0.4, 0.5) is 0 Å². The molecule has 0 aliphatic carbocycles. The fourth-order valence-corrected chi connectivity index (χ4v) is 1.86. The van der Waals surface area contributed by atoms with Crippen LogP contribution in [0.2, 0.25) is 0 Å². The van der Waals surface area contributed by atoms with E-state index in [0.29, 0.717) is 12.3 Å². The molecule has 0 radical (unpaired) electrons. The number of aliphatic carboxylic acids is 1. The van der Waals surface area contributed by atoms with E-state index in [1.807, 2.05) is 0 Å². The Balaban J connectivity index is 2.03. The minimum Gasteiger partial charge on any atom is -0.480 e. The summed E-state index contributed by atoms with van der Waals surface area (Å²) in [4.78, 5) is 23.1. The Bertz CT molecular complexity index is 616. The van der Waals surface area contributed by atoms with Crippen LogP contribution in [-0.4, -0.2) is 32.8 Å². The number of nitrogens with zero attached hydrogens (tertiary/aromatic N) is 2. The van der Waals surface area contributed by atoms with Gasteiger partial charge in [0.15, 0.2) is 5.76 Å². The second-order valence-corrected chi connectivity index (χ2v) is 5.00. The van der Waals surface area contributed by atoms with Crippen molar-refractivity contribution in [2.75, 3.05) is 0 Å². The first-order chi connectivity index (χ1) is 9.97. The highest BCUT2D eigenvalue weighted by molar-refractivity contribution is 5.94. The number of hydrogen-bond donors (Lipinski definition) is 2. The molecule has 2 rings (SSSR count). The summed E-state index contributed by atoms with van der Waals surface area (Å²) in [6.07, 6.45) is 3.43. The molecule has 0 aliphatic rings. The normalized spacial score (nSPS) is 12.3. The smallest absolute Gasteiger partial charge is 0.326 e. The van der Waals surface area contributed by atoms with Crippen molar-refractivity contribution in [1.82, 2.24) is 15.1 Å². The molecule has 1 amide bonds. The van der Waals surface area contributed by atoms with Gasteiger partial charge in [-0.15, -0.1) is 0 Å². The van der Waals surface area contributed by atoms with Crippen molar-refractivity contribution in [3.05, 3.63) is 42.1 Å². The SMILES string of the molecule is CC(C)[C@@H](NC(=O)c1ccc(Cn2cccn2)o1)C(=O)O. The quantitative estimate of drug-likeness (QED) is 0.837. The van der Waals surface area contributed by atoms with Crippen molar-refractivity contribution in [1.29, 1.82) is 0 Å². The van der Waals surface area contributed by atoms with Crippen molar-refractivity contribution in [2.45, 2.75) is 26.4 Å². The Morgan fingerprint density at radius 2 is 2.19 bits per heavy atom. The molecule has 112 valence electrons. The van der Waals surface area contributed by atoms with Gasteiger partial charge in [-0.1, -0.05) is 13.8 Å². The molecule has 0 aliphatic heterocycles. The molecule has 2 aromatic heterocycles. The average Bonchev–Trinajstić information content (AvgIpc) is 3.07. The van der Waals surface area contributed by atoms with Crippen molar-refractivity contribution >= 4 is 11.9 Å². The number of amides is 1. The summed E-state index contributed by atoms with van der Waals surface area (Å²) in [5.41, 5.74) is 0. The van der Waals surface area contributed by atoms with E-state index in [1.54, 1.807) is 43.1 Å². The molecular weight excluding hydrogens is 274 g/mol. The van der Waals surface area contributed by atoms with Gasteiger partial charge in [0, 0.05) is 12.4 Å². The van der Waals surface area contributed by atoms with E-state index in [-0.39, 0.29) is 11.7 Å². The molecule has 0 bridgehead atoms. The van der Waals surface area contributed by atoms with E-state index in [1.165, 1.54) is 6.07 Å². The topological polar surface area (TPSA) is 97.4 Å². The number of aromatic nitrogens is 2. The zero-order chi connectivity index (χ0) is 15.4. The summed E-state index contributed by atoms with van der Waals surface area (Å²) >= 11 is 0. The number of carbonyl (C=O) groups is 2. The number of carboxylic acids is 1. The van der Waals surface area contributed by atoms with Crippen LogP contribution in [0, 0.1) is 5.92 Å². The average molecular weight is 291 g/mol. The van der Waals surface area contributed by atoms with Gasteiger partial charge in [0.1, 0.15) is 11.8 Å². The summed E-state index contributed by atoms with van der Waals surface area (Å²) in [6.45, 7) is 3.86. The zero-order valence-corrected chi connectivity index (χ0v) is 11.8. The van der Waals surface area contributed by atoms with E-state index in [0.717, 1.165) is 0 Å². The number of rotatable bonds is 6. The molecule has 0 saturated heterocycles. The molecule has 0 saturated carbocycles. The van der Waals surface area contributed by atoms with E-state index in [9.17, 15) is 9.59 Å². The largest absolute Gasteiger partial charge is 0.480 e. The summed E-state index contributed by atoms with van der Waals surface area (Å²) in [6, 6.07) is 4.03. The van der Waals surface area contributed by atoms with Crippen molar-refractivity contribution in [2.24, 2.45) is 5.92 Å². The van der Waals surface area contributed by atoms with E-state index >= 15 is 0 Å². The standard InChI is InChI=1S/C14H17N3O4/c1-9(2)12(14(19)20)16-13(18)11-5-4-10(21-11)8-17-7-3-6-15-17/h3-7,9,12H,8H2,1-2H3,(H,16,18)(H,19,20)/t12-/m1/s1. The predicted molar refractivity (Wildman–Crippen MR) is 73.8 cm³/mol. The monoisotopic (exact) mass is 291 g/mol. The molecule has 2 heterocycles. The van der Waals surface area contributed by atoms with Crippen molar-refractivity contribution in [3.8, 4) is 0 Å². The van der Waals surface area contributed by atoms with Crippen LogP contribution in [-0.2, 0) is 11.3 Å². The minimum absolute atomic E-state index is 0.0871. The summed E-state index contributed by atoms with van der Waals surface area (Å²) in [5.74, 6) is -1.17. The first kappa shape index (κ1) is 14.8. The molecule has 0 fully saturated rings. The highest BCUT2D eigenvalue weighted by Crippen LogP contribution is 2.11. The van der Waals surface area contributed by atoms with E-state index in [4.69, 9.17) is 9.52 Å². The first-order valence-corrected chi connectivity index (χ1v) is 6.57. The molecule has 0 unspecified atom stereocenters. The second-order valence-electron chi connectivity index (χ2n) is 5.00. The van der Waals surface area contributed by atoms with Gasteiger partial charge in [0.05, 0.1) is 6.54 Å². The number of carboxylic acid groups (broad SMARTS) is 1. The van der Waals surface area contributed by atoms with Crippen LogP contribution in [0.25, 0.3) is 0 Å². The van der Waals surface area contributed by atoms with Gasteiger partial charge < -0.3 is 14.8 Å². The molecule has 7 heteroatoms. The molecule has 2 aromatic rings. The highest BCUT2D eigenvalue weighted by atomic mass is 16.4. The van der Waals surface area contributed by atoms with Gasteiger partial charge in [-0.2, -0.15) is 5.10 Å². The fourth-order valence-electron chi connectivity index (χ4n) is 1.86. The van der Waals surface area contributed by atoms with E-state index in [2.05, 4.69) is 10.4 Å². The highest BCUT2D eigenvalue weighted by Gasteiger charge is 2.25. The maximum atomic E-state index is 12.0. The van der Waals surface area contributed by atoms with Crippen LogP contribution >= 0.6 is 0 Å². The molecule has 1 atom stereocenters. The summed E-state index contributed by atoms with van der Waals surface area (Å²) in [5, 5.41) is 15.5. The van der Waals surface area contributed by atoms with Gasteiger partial charge in [0.25, 0.3) is 5.91 Å². The number of furan rings is 1. The van der Waals surface area contributed by atoms with Gasteiger partial charge >= 0.3 is 5.97 Å². The molecule has 7 nitrogen and oxygen atoms in total.